The van der Waals surface area contributed by atoms with Crippen molar-refractivity contribution in [3.63, 3.8) is 0 Å². The van der Waals surface area contributed by atoms with Crippen LogP contribution in [0.5, 0.6) is 0 Å². The molecule has 3 nitrogen and oxygen atoms in total. The topological polar surface area (TPSA) is 29.5 Å². The highest BCUT2D eigenvalue weighted by molar-refractivity contribution is 5.78. The minimum Gasteiger partial charge on any atom is -0.380 e. The molecule has 1 amide bonds. The van der Waals surface area contributed by atoms with Crippen LogP contribution in [0.2, 0.25) is 0 Å². The monoisotopic (exact) mass is 197 g/mol. The lowest BCUT2D eigenvalue weighted by Gasteiger charge is -2.27. The van der Waals surface area contributed by atoms with E-state index in [1.807, 2.05) is 18.7 Å². The molecule has 1 aliphatic heterocycles. The number of amides is 1. The van der Waals surface area contributed by atoms with E-state index in [2.05, 4.69) is 6.08 Å². The van der Waals surface area contributed by atoms with E-state index < -0.39 is 0 Å². The molecule has 80 valence electrons. The fourth-order valence-corrected chi connectivity index (χ4v) is 1.59. The van der Waals surface area contributed by atoms with Crippen molar-refractivity contribution < 1.29 is 9.53 Å². The van der Waals surface area contributed by atoms with Crippen LogP contribution >= 0.6 is 0 Å². The minimum atomic E-state index is 0.104. The number of ether oxygens (including phenoxy) is 1. The molecule has 0 atom stereocenters. The number of carbonyl (C=O) groups excluding carboxylic acids is 1. The van der Waals surface area contributed by atoms with Crippen LogP contribution in [0.25, 0.3) is 0 Å². The lowest BCUT2D eigenvalue weighted by molar-refractivity contribution is -0.134. The number of methoxy groups -OCH3 is 1. The van der Waals surface area contributed by atoms with Crippen molar-refractivity contribution in [2.45, 2.75) is 20.3 Å². The molecule has 1 aliphatic rings. The van der Waals surface area contributed by atoms with E-state index in [0.717, 1.165) is 19.5 Å². The summed E-state index contributed by atoms with van der Waals surface area (Å²) in [6, 6.07) is 0. The van der Waals surface area contributed by atoms with Crippen LogP contribution in [0.3, 0.4) is 0 Å². The Hall–Kier alpha value is -0.830. The van der Waals surface area contributed by atoms with Crippen molar-refractivity contribution >= 4 is 5.91 Å². The smallest absolute Gasteiger partial charge is 0.225 e. The second-order valence-electron chi connectivity index (χ2n) is 3.98. The molecular formula is C11H19NO2. The summed E-state index contributed by atoms with van der Waals surface area (Å²) in [5.41, 5.74) is 1.31. The van der Waals surface area contributed by atoms with Gasteiger partial charge in [-0.05, 0) is 12.0 Å². The molecular weight excluding hydrogens is 178 g/mol. The average Bonchev–Trinajstić information content (AvgIpc) is 2.18. The van der Waals surface area contributed by atoms with Crippen molar-refractivity contribution in [3.8, 4) is 0 Å². The van der Waals surface area contributed by atoms with E-state index in [4.69, 9.17) is 4.74 Å². The molecule has 0 saturated carbocycles. The fraction of sp³-hybridized carbons (Fsp3) is 0.727. The Morgan fingerprint density at radius 3 is 2.79 bits per heavy atom. The molecule has 3 heteroatoms. The zero-order chi connectivity index (χ0) is 10.6. The maximum atomic E-state index is 11.6. The van der Waals surface area contributed by atoms with Gasteiger partial charge < -0.3 is 9.64 Å². The third-order valence-corrected chi connectivity index (χ3v) is 2.44. The van der Waals surface area contributed by atoms with Crippen LogP contribution in [0, 0.1) is 5.92 Å². The number of carbonyl (C=O) groups is 1. The highest BCUT2D eigenvalue weighted by atomic mass is 16.5. The third kappa shape index (κ3) is 2.84. The Morgan fingerprint density at radius 1 is 1.64 bits per heavy atom. The van der Waals surface area contributed by atoms with E-state index in [1.54, 1.807) is 7.11 Å². The summed E-state index contributed by atoms with van der Waals surface area (Å²) in [6.07, 6.45) is 3.06. The van der Waals surface area contributed by atoms with E-state index in [9.17, 15) is 4.79 Å². The van der Waals surface area contributed by atoms with Crippen LogP contribution in [0.15, 0.2) is 11.6 Å². The van der Waals surface area contributed by atoms with Crippen LogP contribution in [0.1, 0.15) is 20.3 Å². The van der Waals surface area contributed by atoms with E-state index in [0.29, 0.717) is 6.61 Å². The lowest BCUT2D eigenvalue weighted by Crippen LogP contribution is -2.37. The quantitative estimate of drug-likeness (QED) is 0.641. The van der Waals surface area contributed by atoms with Crippen molar-refractivity contribution in [2.24, 2.45) is 5.92 Å². The van der Waals surface area contributed by atoms with Crippen LogP contribution < -0.4 is 0 Å². The van der Waals surface area contributed by atoms with Crippen LogP contribution in [-0.4, -0.2) is 37.6 Å². The van der Waals surface area contributed by atoms with E-state index in [-0.39, 0.29) is 11.8 Å². The summed E-state index contributed by atoms with van der Waals surface area (Å²) in [7, 11) is 1.70. The van der Waals surface area contributed by atoms with Crippen molar-refractivity contribution in [1.29, 1.82) is 0 Å². The Bertz CT molecular complexity index is 233. The average molecular weight is 197 g/mol. The van der Waals surface area contributed by atoms with Gasteiger partial charge in [-0.3, -0.25) is 4.79 Å². The number of rotatable bonds is 3. The van der Waals surface area contributed by atoms with Gasteiger partial charge >= 0.3 is 0 Å². The molecule has 0 saturated heterocycles. The maximum absolute atomic E-state index is 11.6. The molecule has 0 fully saturated rings. The largest absolute Gasteiger partial charge is 0.380 e. The van der Waals surface area contributed by atoms with Gasteiger partial charge in [0.15, 0.2) is 0 Å². The molecule has 1 rings (SSSR count). The van der Waals surface area contributed by atoms with Crippen molar-refractivity contribution in [1.82, 2.24) is 4.90 Å². The fourth-order valence-electron chi connectivity index (χ4n) is 1.59. The first-order chi connectivity index (χ1) is 6.65. The summed E-state index contributed by atoms with van der Waals surface area (Å²) in [5.74, 6) is 0.352. The Balaban J connectivity index is 2.46. The van der Waals surface area contributed by atoms with Gasteiger partial charge in [0.25, 0.3) is 0 Å². The van der Waals surface area contributed by atoms with E-state index >= 15 is 0 Å². The second kappa shape index (κ2) is 5.15. The highest BCUT2D eigenvalue weighted by Crippen LogP contribution is 2.13. The van der Waals surface area contributed by atoms with Gasteiger partial charge in [0, 0.05) is 26.1 Å². The molecule has 0 aromatic carbocycles. The Labute approximate surface area is 85.7 Å². The maximum Gasteiger partial charge on any atom is 0.225 e. The Kier molecular flexibility index (Phi) is 4.14. The number of nitrogens with zero attached hydrogens (tertiary/aromatic N) is 1. The standard InChI is InChI=1S/C11H19NO2/c1-9(2)11(13)12-6-4-10(5-7-12)8-14-3/h4,9H,5-8H2,1-3H3. The molecule has 0 aromatic rings. The molecule has 0 spiro atoms. The summed E-state index contributed by atoms with van der Waals surface area (Å²) < 4.78 is 5.05. The first-order valence-electron chi connectivity index (χ1n) is 5.10. The molecule has 0 aliphatic carbocycles. The lowest BCUT2D eigenvalue weighted by atomic mass is 10.1. The summed E-state index contributed by atoms with van der Waals surface area (Å²) in [4.78, 5) is 13.5. The molecule has 0 N–H and O–H groups in total. The zero-order valence-electron chi connectivity index (χ0n) is 9.25. The highest BCUT2D eigenvalue weighted by Gasteiger charge is 2.18. The van der Waals surface area contributed by atoms with Gasteiger partial charge in [-0.2, -0.15) is 0 Å². The summed E-state index contributed by atoms with van der Waals surface area (Å²) in [5, 5.41) is 0. The SMILES string of the molecule is COCC1=CCN(C(=O)C(C)C)CC1. The summed E-state index contributed by atoms with van der Waals surface area (Å²) >= 11 is 0. The molecule has 0 bridgehead atoms. The number of hydrogen-bond acceptors (Lipinski definition) is 2. The molecule has 1 heterocycles. The second-order valence-corrected chi connectivity index (χ2v) is 3.98. The first-order valence-corrected chi connectivity index (χ1v) is 5.10. The van der Waals surface area contributed by atoms with Crippen LogP contribution in [-0.2, 0) is 9.53 Å². The summed E-state index contributed by atoms with van der Waals surface area (Å²) in [6.45, 7) is 6.17. The Morgan fingerprint density at radius 2 is 2.36 bits per heavy atom. The normalized spacial score (nSPS) is 17.1. The predicted molar refractivity (Wildman–Crippen MR) is 56.0 cm³/mol. The van der Waals surface area contributed by atoms with Crippen molar-refractivity contribution in [3.05, 3.63) is 11.6 Å². The van der Waals surface area contributed by atoms with Gasteiger partial charge in [-0.1, -0.05) is 19.9 Å². The molecule has 0 radical (unpaired) electrons. The van der Waals surface area contributed by atoms with Gasteiger partial charge in [0.1, 0.15) is 0 Å². The minimum absolute atomic E-state index is 0.104. The van der Waals surface area contributed by atoms with Crippen LogP contribution in [0.4, 0.5) is 0 Å². The molecule has 14 heavy (non-hydrogen) atoms. The van der Waals surface area contributed by atoms with Gasteiger partial charge in [0.2, 0.25) is 5.91 Å². The zero-order valence-corrected chi connectivity index (χ0v) is 9.25. The molecule has 0 aromatic heterocycles. The van der Waals surface area contributed by atoms with Gasteiger partial charge in [-0.15, -0.1) is 0 Å². The number of hydrogen-bond donors (Lipinski definition) is 0. The first kappa shape index (κ1) is 11.2. The van der Waals surface area contributed by atoms with Gasteiger partial charge in [-0.25, -0.2) is 0 Å². The van der Waals surface area contributed by atoms with Crippen molar-refractivity contribution in [2.75, 3.05) is 26.8 Å². The molecule has 0 unspecified atom stereocenters. The third-order valence-electron chi connectivity index (χ3n) is 2.44. The van der Waals surface area contributed by atoms with E-state index in [1.165, 1.54) is 5.57 Å². The predicted octanol–water partition coefficient (Wildman–Crippen LogP) is 1.45. The van der Waals surface area contributed by atoms with Gasteiger partial charge in [0.05, 0.1) is 6.61 Å².